The minimum Gasteiger partial charge on any atom is -0.358 e. The second kappa shape index (κ2) is 9.24. The van der Waals surface area contributed by atoms with Crippen LogP contribution >= 0.6 is 0 Å². The molecule has 0 bridgehead atoms. The minimum absolute atomic E-state index is 0.0376. The van der Waals surface area contributed by atoms with E-state index in [4.69, 9.17) is 4.52 Å². The Kier molecular flexibility index (Phi) is 5.85. The summed E-state index contributed by atoms with van der Waals surface area (Å²) in [7, 11) is 0. The van der Waals surface area contributed by atoms with Crippen LogP contribution in [0.1, 0.15) is 57.5 Å². The normalized spacial score (nSPS) is 16.0. The number of carbonyl (C=O) groups is 2. The van der Waals surface area contributed by atoms with Crippen LogP contribution in [-0.2, 0) is 6.54 Å². The summed E-state index contributed by atoms with van der Waals surface area (Å²) in [5.41, 5.74) is 1.75. The van der Waals surface area contributed by atoms with Gasteiger partial charge in [0.1, 0.15) is 0 Å². The summed E-state index contributed by atoms with van der Waals surface area (Å²) in [5.74, 6) is 0.178. The molecule has 1 unspecified atom stereocenters. The third-order valence-corrected chi connectivity index (χ3v) is 6.03. The highest BCUT2D eigenvalue weighted by Gasteiger charge is 2.32. The molecule has 1 aliphatic rings. The van der Waals surface area contributed by atoms with E-state index in [1.54, 1.807) is 18.5 Å². The molecular formula is C26H24N4O3. The van der Waals surface area contributed by atoms with Gasteiger partial charge in [-0.25, -0.2) is 0 Å². The number of likely N-dealkylation sites (tertiary alicyclic amines) is 1. The molecule has 3 heterocycles. The van der Waals surface area contributed by atoms with Crippen LogP contribution < -0.4 is 5.32 Å². The van der Waals surface area contributed by atoms with E-state index < -0.39 is 0 Å². The quantitative estimate of drug-likeness (QED) is 0.493. The molecule has 33 heavy (non-hydrogen) atoms. The molecule has 2 aromatic carbocycles. The number of nitrogens with one attached hydrogen (secondary N) is 1. The van der Waals surface area contributed by atoms with Crippen LogP contribution in [0.3, 0.4) is 0 Å². The summed E-state index contributed by atoms with van der Waals surface area (Å²) < 4.78 is 5.55. The maximum absolute atomic E-state index is 13.4. The molecule has 0 saturated carbocycles. The van der Waals surface area contributed by atoms with Crippen molar-refractivity contribution in [3.8, 4) is 0 Å². The number of hydrogen-bond acceptors (Lipinski definition) is 5. The summed E-state index contributed by atoms with van der Waals surface area (Å²) in [6.07, 6.45) is 6.07. The van der Waals surface area contributed by atoms with E-state index in [9.17, 15) is 9.59 Å². The first kappa shape index (κ1) is 20.9. The van der Waals surface area contributed by atoms with Crippen LogP contribution in [0.25, 0.3) is 10.8 Å². The number of rotatable bonds is 5. The van der Waals surface area contributed by atoms with Crippen molar-refractivity contribution in [1.82, 2.24) is 20.4 Å². The molecule has 1 atom stereocenters. The average molecular weight is 441 g/mol. The molecule has 4 aromatic rings. The van der Waals surface area contributed by atoms with Gasteiger partial charge in [-0.05, 0) is 53.8 Å². The Morgan fingerprint density at radius 1 is 1.03 bits per heavy atom. The van der Waals surface area contributed by atoms with Gasteiger partial charge >= 0.3 is 0 Å². The number of aromatic nitrogens is 2. The molecular weight excluding hydrogens is 416 g/mol. The van der Waals surface area contributed by atoms with Crippen LogP contribution in [0.15, 0.2) is 77.6 Å². The molecule has 166 valence electrons. The predicted octanol–water partition coefficient (Wildman–Crippen LogP) is 4.52. The molecule has 1 fully saturated rings. The first-order valence-corrected chi connectivity index (χ1v) is 11.1. The van der Waals surface area contributed by atoms with Gasteiger partial charge in [-0.2, -0.15) is 0 Å². The number of fused-ring (bicyclic) bond motifs is 1. The van der Waals surface area contributed by atoms with Crippen LogP contribution in [0.2, 0.25) is 0 Å². The van der Waals surface area contributed by atoms with Gasteiger partial charge in [0.05, 0.1) is 6.04 Å². The maximum atomic E-state index is 13.4. The van der Waals surface area contributed by atoms with E-state index in [1.165, 1.54) is 0 Å². The summed E-state index contributed by atoms with van der Waals surface area (Å²) in [6, 6.07) is 18.9. The summed E-state index contributed by atoms with van der Waals surface area (Å²) in [5, 5.41) is 8.93. The Labute approximate surface area is 191 Å². The molecule has 2 amide bonds. The Balaban J connectivity index is 1.32. The molecule has 1 saturated heterocycles. The van der Waals surface area contributed by atoms with Crippen LogP contribution in [0.5, 0.6) is 0 Å². The zero-order valence-electron chi connectivity index (χ0n) is 18.1. The van der Waals surface area contributed by atoms with Gasteiger partial charge in [-0.1, -0.05) is 41.6 Å². The summed E-state index contributed by atoms with van der Waals surface area (Å²) in [4.78, 5) is 31.8. The first-order chi connectivity index (χ1) is 16.2. The second-order valence-corrected chi connectivity index (χ2v) is 8.23. The Morgan fingerprint density at radius 2 is 1.91 bits per heavy atom. The number of pyridine rings is 1. The van der Waals surface area contributed by atoms with E-state index in [-0.39, 0.29) is 23.6 Å². The Bertz CT molecular complexity index is 1280. The van der Waals surface area contributed by atoms with Crippen molar-refractivity contribution in [3.05, 3.63) is 95.6 Å². The van der Waals surface area contributed by atoms with Crippen molar-refractivity contribution in [1.29, 1.82) is 0 Å². The largest absolute Gasteiger partial charge is 0.358 e. The highest BCUT2D eigenvalue weighted by molar-refractivity contribution is 5.99. The van der Waals surface area contributed by atoms with Crippen molar-refractivity contribution < 1.29 is 14.1 Å². The zero-order valence-corrected chi connectivity index (χ0v) is 18.1. The molecule has 1 N–H and O–H groups in total. The lowest BCUT2D eigenvalue weighted by Crippen LogP contribution is -2.38. The number of amides is 2. The van der Waals surface area contributed by atoms with E-state index >= 15 is 0 Å². The molecule has 7 heteroatoms. The Morgan fingerprint density at radius 3 is 2.76 bits per heavy atom. The van der Waals surface area contributed by atoms with Gasteiger partial charge in [-0.3, -0.25) is 14.6 Å². The average Bonchev–Trinajstić information content (AvgIpc) is 3.37. The minimum atomic E-state index is -0.322. The fourth-order valence-corrected chi connectivity index (χ4v) is 4.29. The third kappa shape index (κ3) is 4.48. The molecule has 0 radical (unpaired) electrons. The topological polar surface area (TPSA) is 88.3 Å². The predicted molar refractivity (Wildman–Crippen MR) is 123 cm³/mol. The van der Waals surface area contributed by atoms with Crippen molar-refractivity contribution in [2.24, 2.45) is 0 Å². The van der Waals surface area contributed by atoms with E-state index in [0.29, 0.717) is 24.4 Å². The van der Waals surface area contributed by atoms with Crippen LogP contribution in [-0.4, -0.2) is 33.4 Å². The highest BCUT2D eigenvalue weighted by atomic mass is 16.5. The van der Waals surface area contributed by atoms with Gasteiger partial charge in [0.15, 0.2) is 11.5 Å². The fourth-order valence-electron chi connectivity index (χ4n) is 4.29. The second-order valence-electron chi connectivity index (χ2n) is 8.23. The van der Waals surface area contributed by atoms with Gasteiger partial charge in [-0.15, -0.1) is 0 Å². The highest BCUT2D eigenvalue weighted by Crippen LogP contribution is 2.33. The molecule has 7 nitrogen and oxygen atoms in total. The Hall–Kier alpha value is -4.00. The van der Waals surface area contributed by atoms with Gasteiger partial charge in [0.25, 0.3) is 11.8 Å². The van der Waals surface area contributed by atoms with E-state index in [2.05, 4.69) is 15.5 Å². The lowest BCUT2D eigenvalue weighted by Gasteiger charge is -2.34. The molecule has 2 aromatic heterocycles. The number of hydrogen-bond donors (Lipinski definition) is 1. The van der Waals surface area contributed by atoms with Crippen LogP contribution in [0, 0.1) is 0 Å². The monoisotopic (exact) mass is 440 g/mol. The van der Waals surface area contributed by atoms with E-state index in [1.807, 2.05) is 59.5 Å². The molecule has 0 aliphatic carbocycles. The molecule has 0 spiro atoms. The standard InChI is InChI=1S/C26H24N4O3/c31-25(28-17-18-6-5-12-27-16-18)22-15-24(33-29-22)23-9-3-4-13-30(23)26(32)21-11-10-19-7-1-2-8-20(19)14-21/h1-2,5-8,10-12,14-16,23H,3-4,9,13,17H2,(H,28,31). The first-order valence-electron chi connectivity index (χ1n) is 11.1. The molecule has 1 aliphatic heterocycles. The summed E-state index contributed by atoms with van der Waals surface area (Å²) >= 11 is 0. The lowest BCUT2D eigenvalue weighted by atomic mass is 9.98. The lowest BCUT2D eigenvalue weighted by molar-refractivity contribution is 0.0570. The zero-order chi connectivity index (χ0) is 22.6. The molecule has 5 rings (SSSR count). The number of benzene rings is 2. The third-order valence-electron chi connectivity index (χ3n) is 6.03. The fraction of sp³-hybridized carbons (Fsp3) is 0.231. The van der Waals surface area contributed by atoms with Gasteiger partial charge in [0, 0.05) is 37.1 Å². The van der Waals surface area contributed by atoms with Gasteiger partial charge in [0.2, 0.25) is 0 Å². The van der Waals surface area contributed by atoms with Crippen molar-refractivity contribution in [2.75, 3.05) is 6.54 Å². The SMILES string of the molecule is O=C(NCc1cccnc1)c1cc(C2CCCCN2C(=O)c2ccc3ccccc3c2)on1. The number of carbonyl (C=O) groups excluding carboxylic acids is 2. The van der Waals surface area contributed by atoms with Gasteiger partial charge < -0.3 is 14.7 Å². The maximum Gasteiger partial charge on any atom is 0.273 e. The van der Waals surface area contributed by atoms with Crippen molar-refractivity contribution in [2.45, 2.75) is 31.8 Å². The van der Waals surface area contributed by atoms with Crippen molar-refractivity contribution >= 4 is 22.6 Å². The van der Waals surface area contributed by atoms with E-state index in [0.717, 1.165) is 35.6 Å². The summed E-state index contributed by atoms with van der Waals surface area (Å²) in [6.45, 7) is 0.991. The van der Waals surface area contributed by atoms with Crippen LogP contribution in [0.4, 0.5) is 0 Å². The smallest absolute Gasteiger partial charge is 0.273 e. The number of piperidine rings is 1. The number of nitrogens with zero attached hydrogens (tertiary/aromatic N) is 3. The van der Waals surface area contributed by atoms with Crippen molar-refractivity contribution in [3.63, 3.8) is 0 Å².